The van der Waals surface area contributed by atoms with Crippen molar-refractivity contribution in [2.45, 2.75) is 0 Å². The normalized spacial score (nSPS) is 10.3. The molecule has 3 N–H and O–H groups in total. The minimum atomic E-state index is -0.938. The second-order valence-corrected chi connectivity index (χ2v) is 4.83. The molecule has 0 spiro atoms. The fourth-order valence-corrected chi connectivity index (χ4v) is 1.79. The van der Waals surface area contributed by atoms with Crippen LogP contribution in [0.2, 0.25) is 15.2 Å². The molecule has 116 valence electrons. The van der Waals surface area contributed by atoms with Gasteiger partial charge in [0.2, 0.25) is 0 Å². The number of nitrogen functional groups attached to an aromatic ring is 1. The van der Waals surface area contributed by atoms with Gasteiger partial charge in [-0.15, -0.1) is 0 Å². The Hall–Kier alpha value is -1.28. The zero-order valence-electron chi connectivity index (χ0n) is 10.9. The van der Waals surface area contributed by atoms with Crippen LogP contribution >= 0.6 is 34.8 Å². The molecule has 7 nitrogen and oxygen atoms in total. The number of pyridine rings is 1. The Morgan fingerprint density at radius 2 is 1.95 bits per heavy atom. The molecule has 21 heavy (non-hydrogen) atoms. The van der Waals surface area contributed by atoms with Crippen molar-refractivity contribution < 1.29 is 19.1 Å². The lowest BCUT2D eigenvalue weighted by Gasteiger charge is -2.09. The van der Waals surface area contributed by atoms with Gasteiger partial charge in [-0.2, -0.15) is 0 Å². The number of aromatic nitrogens is 1. The predicted molar refractivity (Wildman–Crippen MR) is 78.8 cm³/mol. The average molecular weight is 357 g/mol. The molecule has 1 rings (SSSR count). The van der Waals surface area contributed by atoms with Gasteiger partial charge in [0.25, 0.3) is 5.91 Å². The maximum atomic E-state index is 11.8. The van der Waals surface area contributed by atoms with Crippen LogP contribution in [0.3, 0.4) is 0 Å². The van der Waals surface area contributed by atoms with Gasteiger partial charge in [0.15, 0.2) is 17.5 Å². The summed E-state index contributed by atoms with van der Waals surface area (Å²) in [5.41, 5.74) is 5.17. The zero-order chi connectivity index (χ0) is 16.0. The quantitative estimate of drug-likeness (QED) is 0.455. The van der Waals surface area contributed by atoms with Crippen molar-refractivity contribution >= 4 is 52.4 Å². The summed E-state index contributed by atoms with van der Waals surface area (Å²) in [4.78, 5) is 26.8. The van der Waals surface area contributed by atoms with Crippen LogP contribution in [0.25, 0.3) is 0 Å². The summed E-state index contributed by atoms with van der Waals surface area (Å²) in [7, 11) is 1.49. The number of nitrogens with two attached hydrogens (primary N) is 1. The molecule has 0 saturated carbocycles. The van der Waals surface area contributed by atoms with Gasteiger partial charge < -0.3 is 20.5 Å². The van der Waals surface area contributed by atoms with Gasteiger partial charge in [0, 0.05) is 13.7 Å². The Kier molecular flexibility index (Phi) is 6.97. The van der Waals surface area contributed by atoms with Gasteiger partial charge in [-0.05, 0) is 0 Å². The number of esters is 1. The maximum absolute atomic E-state index is 11.8. The molecule has 0 saturated heterocycles. The number of methoxy groups -OCH3 is 1. The molecule has 0 radical (unpaired) electrons. The van der Waals surface area contributed by atoms with E-state index >= 15 is 0 Å². The van der Waals surface area contributed by atoms with Crippen molar-refractivity contribution in [1.29, 1.82) is 0 Å². The van der Waals surface area contributed by atoms with E-state index in [1.54, 1.807) is 0 Å². The highest BCUT2D eigenvalue weighted by Crippen LogP contribution is 2.34. The largest absolute Gasteiger partial charge is 0.451 e. The second-order valence-electron chi connectivity index (χ2n) is 3.71. The minimum Gasteiger partial charge on any atom is -0.451 e. The lowest BCUT2D eigenvalue weighted by Crippen LogP contribution is -2.31. The number of halogens is 3. The third kappa shape index (κ3) is 4.89. The first kappa shape index (κ1) is 17.8. The standard InChI is InChI=1S/C11H12Cl3N3O4/c1-20-3-2-16-5(18)4-21-11(19)9-6(12)8(15)7(13)10(14)17-9/h2-4H2,1H3,(H2,15,17)(H,16,18). The molecule has 0 bridgehead atoms. The summed E-state index contributed by atoms with van der Waals surface area (Å²) >= 11 is 17.3. The van der Waals surface area contributed by atoms with Crippen LogP contribution in [0.5, 0.6) is 0 Å². The molecular weight excluding hydrogens is 344 g/mol. The molecule has 1 amide bonds. The van der Waals surface area contributed by atoms with Gasteiger partial charge in [0.05, 0.1) is 17.3 Å². The summed E-state index contributed by atoms with van der Waals surface area (Å²) in [6.07, 6.45) is 0. The van der Waals surface area contributed by atoms with Crippen LogP contribution in [-0.4, -0.2) is 43.7 Å². The fourth-order valence-electron chi connectivity index (χ4n) is 1.21. The summed E-state index contributed by atoms with van der Waals surface area (Å²) in [5, 5.41) is 2.04. The van der Waals surface area contributed by atoms with Crippen LogP contribution in [0.1, 0.15) is 10.5 Å². The topological polar surface area (TPSA) is 104 Å². The van der Waals surface area contributed by atoms with Gasteiger partial charge in [0.1, 0.15) is 5.02 Å². The molecule has 1 aromatic heterocycles. The first-order valence-corrected chi connectivity index (χ1v) is 6.74. The summed E-state index contributed by atoms with van der Waals surface area (Å²) in [6, 6.07) is 0. The number of carbonyl (C=O) groups is 2. The van der Waals surface area contributed by atoms with E-state index in [9.17, 15) is 9.59 Å². The van der Waals surface area contributed by atoms with E-state index in [0.29, 0.717) is 13.2 Å². The number of nitrogens with zero attached hydrogens (tertiary/aromatic N) is 1. The maximum Gasteiger partial charge on any atom is 0.359 e. The van der Waals surface area contributed by atoms with Crippen molar-refractivity contribution in [2.24, 2.45) is 0 Å². The van der Waals surface area contributed by atoms with Crippen LogP contribution in [0, 0.1) is 0 Å². The third-order valence-corrected chi connectivity index (χ3v) is 3.36. The smallest absolute Gasteiger partial charge is 0.359 e. The molecule has 0 aliphatic rings. The second kappa shape index (κ2) is 8.23. The van der Waals surface area contributed by atoms with Crippen molar-refractivity contribution in [3.63, 3.8) is 0 Å². The number of ether oxygens (including phenoxy) is 2. The van der Waals surface area contributed by atoms with Crippen LogP contribution in [0.4, 0.5) is 5.69 Å². The number of carbonyl (C=O) groups excluding carboxylic acids is 2. The number of nitrogens with one attached hydrogen (secondary N) is 1. The van der Waals surface area contributed by atoms with Crippen LogP contribution in [0.15, 0.2) is 0 Å². The number of anilines is 1. The van der Waals surface area contributed by atoms with E-state index in [4.69, 9.17) is 50.0 Å². The first-order valence-electron chi connectivity index (χ1n) is 5.61. The van der Waals surface area contributed by atoms with Gasteiger partial charge in [-0.1, -0.05) is 34.8 Å². The van der Waals surface area contributed by atoms with Crippen molar-refractivity contribution in [1.82, 2.24) is 10.3 Å². The first-order chi connectivity index (χ1) is 9.88. The number of amides is 1. The van der Waals surface area contributed by atoms with E-state index < -0.39 is 18.5 Å². The van der Waals surface area contributed by atoms with Crippen LogP contribution < -0.4 is 11.1 Å². The highest BCUT2D eigenvalue weighted by atomic mass is 35.5. The Bertz CT molecular complexity index is 554. The Labute approximate surface area is 135 Å². The molecule has 1 heterocycles. The lowest BCUT2D eigenvalue weighted by atomic mass is 10.3. The summed E-state index contributed by atoms with van der Waals surface area (Å²) in [5.74, 6) is -1.43. The highest BCUT2D eigenvalue weighted by Gasteiger charge is 2.21. The molecule has 0 atom stereocenters. The molecule has 0 aromatic carbocycles. The molecule has 0 aliphatic heterocycles. The number of hydrogen-bond acceptors (Lipinski definition) is 6. The van der Waals surface area contributed by atoms with E-state index in [1.807, 2.05) is 0 Å². The monoisotopic (exact) mass is 355 g/mol. The summed E-state index contributed by atoms with van der Waals surface area (Å²) in [6.45, 7) is 0.142. The van der Waals surface area contributed by atoms with E-state index in [-0.39, 0.29) is 26.6 Å². The van der Waals surface area contributed by atoms with Gasteiger partial charge >= 0.3 is 5.97 Å². The minimum absolute atomic E-state index is 0.0597. The molecular formula is C11H12Cl3N3O4. The van der Waals surface area contributed by atoms with Gasteiger partial charge in [-0.25, -0.2) is 9.78 Å². The Balaban J connectivity index is 2.67. The third-order valence-electron chi connectivity index (χ3n) is 2.23. The molecule has 10 heteroatoms. The van der Waals surface area contributed by atoms with Crippen molar-refractivity contribution in [2.75, 3.05) is 32.6 Å². The molecule has 0 fully saturated rings. The zero-order valence-corrected chi connectivity index (χ0v) is 13.2. The highest BCUT2D eigenvalue weighted by molar-refractivity contribution is 6.46. The van der Waals surface area contributed by atoms with Gasteiger partial charge in [-0.3, -0.25) is 4.79 Å². The SMILES string of the molecule is COCCNC(=O)COC(=O)c1nc(Cl)c(Cl)c(N)c1Cl. The van der Waals surface area contributed by atoms with E-state index in [0.717, 1.165) is 0 Å². The lowest BCUT2D eigenvalue weighted by molar-refractivity contribution is -0.124. The van der Waals surface area contributed by atoms with E-state index in [1.165, 1.54) is 7.11 Å². The Morgan fingerprint density at radius 3 is 2.57 bits per heavy atom. The molecule has 0 unspecified atom stereocenters. The van der Waals surface area contributed by atoms with Crippen molar-refractivity contribution in [3.8, 4) is 0 Å². The average Bonchev–Trinajstić information content (AvgIpc) is 2.46. The number of hydrogen-bond donors (Lipinski definition) is 2. The van der Waals surface area contributed by atoms with Crippen molar-refractivity contribution in [3.05, 3.63) is 20.9 Å². The molecule has 1 aromatic rings. The predicted octanol–water partition coefficient (Wildman–Crippen LogP) is 1.54. The fraction of sp³-hybridized carbons (Fsp3) is 0.364. The van der Waals surface area contributed by atoms with Crippen LogP contribution in [-0.2, 0) is 14.3 Å². The van der Waals surface area contributed by atoms with E-state index in [2.05, 4.69) is 10.3 Å². The molecule has 0 aliphatic carbocycles. The summed E-state index contributed by atoms with van der Waals surface area (Å²) < 4.78 is 9.50. The number of rotatable bonds is 6. The Morgan fingerprint density at radius 1 is 1.29 bits per heavy atom.